The van der Waals surface area contributed by atoms with Gasteiger partial charge in [-0.1, -0.05) is 96.6 Å². The first kappa shape index (κ1) is 29.1. The lowest BCUT2D eigenvalue weighted by atomic mass is 9.34. The second-order valence-electron chi connectivity index (χ2n) is 13.8. The Morgan fingerprint density at radius 3 is 1.87 bits per heavy atom. The normalized spacial score (nSPS) is 12.6. The van der Waals surface area contributed by atoms with Crippen LogP contribution in [0.3, 0.4) is 0 Å². The SMILES string of the molecule is Cc1ccc2c(c1)B1c3cc4c(cc3Oc3cccc(c31)O2)c1ccc2cc(N(c3ccccc3)c3ccccc3)ccc2c1n4-c1ccccc1. The third-order valence-electron chi connectivity index (χ3n) is 10.7. The van der Waals surface area contributed by atoms with E-state index in [9.17, 15) is 0 Å². The van der Waals surface area contributed by atoms with Crippen LogP contribution >= 0.6 is 0 Å². The van der Waals surface area contributed by atoms with E-state index in [1.54, 1.807) is 0 Å². The molecular formula is C47H31BN2O2. The van der Waals surface area contributed by atoms with E-state index in [1.165, 1.54) is 32.7 Å². The summed E-state index contributed by atoms with van der Waals surface area (Å²) >= 11 is 0. The molecule has 52 heavy (non-hydrogen) atoms. The molecule has 0 N–H and O–H groups in total. The van der Waals surface area contributed by atoms with Gasteiger partial charge in [-0.05, 0) is 102 Å². The molecule has 0 unspecified atom stereocenters. The van der Waals surface area contributed by atoms with Crippen LogP contribution in [0.1, 0.15) is 5.56 Å². The van der Waals surface area contributed by atoms with Crippen molar-refractivity contribution in [1.29, 1.82) is 0 Å². The molecule has 2 aliphatic rings. The Kier molecular flexibility index (Phi) is 6.23. The summed E-state index contributed by atoms with van der Waals surface area (Å²) in [5.74, 6) is 3.50. The van der Waals surface area contributed by atoms with E-state index in [0.29, 0.717) is 0 Å². The average molecular weight is 667 g/mol. The maximum atomic E-state index is 6.76. The minimum Gasteiger partial charge on any atom is -0.458 e. The number of para-hydroxylation sites is 3. The Morgan fingerprint density at radius 1 is 0.481 bits per heavy atom. The number of anilines is 3. The zero-order chi connectivity index (χ0) is 34.3. The molecule has 5 heteroatoms. The number of hydrogen-bond acceptors (Lipinski definition) is 3. The molecule has 2 aliphatic heterocycles. The molecule has 8 aromatic carbocycles. The van der Waals surface area contributed by atoms with Crippen molar-refractivity contribution in [3.8, 4) is 28.7 Å². The van der Waals surface area contributed by atoms with Gasteiger partial charge in [-0.15, -0.1) is 0 Å². The zero-order valence-electron chi connectivity index (χ0n) is 28.5. The lowest BCUT2D eigenvalue weighted by molar-refractivity contribution is 0.465. The maximum Gasteiger partial charge on any atom is 0.260 e. The van der Waals surface area contributed by atoms with Gasteiger partial charge in [0, 0.05) is 44.4 Å². The van der Waals surface area contributed by atoms with Crippen molar-refractivity contribution < 1.29 is 9.47 Å². The lowest BCUT2D eigenvalue weighted by Crippen LogP contribution is -2.57. The number of aryl methyl sites for hydroxylation is 1. The van der Waals surface area contributed by atoms with Crippen molar-refractivity contribution in [1.82, 2.24) is 4.57 Å². The topological polar surface area (TPSA) is 26.6 Å². The molecule has 4 nitrogen and oxygen atoms in total. The second kappa shape index (κ2) is 11.1. The first-order valence-corrected chi connectivity index (χ1v) is 17.8. The van der Waals surface area contributed by atoms with Crippen LogP contribution in [0.25, 0.3) is 38.3 Å². The molecule has 244 valence electrons. The largest absolute Gasteiger partial charge is 0.458 e. The third kappa shape index (κ3) is 4.29. The number of nitrogens with zero attached hydrogens (tertiary/aromatic N) is 2. The molecule has 0 fully saturated rings. The summed E-state index contributed by atoms with van der Waals surface area (Å²) in [6.45, 7) is 2.14. The van der Waals surface area contributed by atoms with Crippen molar-refractivity contribution in [2.24, 2.45) is 0 Å². The fraction of sp³-hybridized carbons (Fsp3) is 0.0213. The van der Waals surface area contributed by atoms with Crippen molar-refractivity contribution in [3.63, 3.8) is 0 Å². The van der Waals surface area contributed by atoms with Crippen LogP contribution < -0.4 is 30.8 Å². The molecule has 11 rings (SSSR count). The van der Waals surface area contributed by atoms with Crippen LogP contribution in [-0.2, 0) is 0 Å². The molecule has 9 aromatic rings. The Labute approximate surface area is 301 Å². The van der Waals surface area contributed by atoms with Gasteiger partial charge in [0.15, 0.2) is 0 Å². The van der Waals surface area contributed by atoms with Gasteiger partial charge in [0.1, 0.15) is 23.0 Å². The monoisotopic (exact) mass is 666 g/mol. The van der Waals surface area contributed by atoms with E-state index in [2.05, 4.69) is 180 Å². The van der Waals surface area contributed by atoms with Crippen molar-refractivity contribution >= 4 is 72.7 Å². The van der Waals surface area contributed by atoms with E-state index in [0.717, 1.165) is 67.6 Å². The highest BCUT2D eigenvalue weighted by molar-refractivity contribution is 6.98. The quantitative estimate of drug-likeness (QED) is 0.175. The lowest BCUT2D eigenvalue weighted by Gasteiger charge is -2.33. The third-order valence-corrected chi connectivity index (χ3v) is 10.7. The minimum atomic E-state index is -0.00788. The first-order valence-electron chi connectivity index (χ1n) is 17.8. The number of benzene rings is 8. The predicted molar refractivity (Wildman–Crippen MR) is 215 cm³/mol. The summed E-state index contributed by atoms with van der Waals surface area (Å²) in [7, 11) is 0. The van der Waals surface area contributed by atoms with Crippen LogP contribution in [0.4, 0.5) is 17.1 Å². The maximum absolute atomic E-state index is 6.76. The number of hydrogen-bond donors (Lipinski definition) is 0. The van der Waals surface area contributed by atoms with E-state index >= 15 is 0 Å². The molecule has 3 heterocycles. The molecule has 0 aliphatic carbocycles. The number of ether oxygens (including phenoxy) is 2. The average Bonchev–Trinajstić information content (AvgIpc) is 3.52. The second-order valence-corrected chi connectivity index (χ2v) is 13.8. The van der Waals surface area contributed by atoms with Gasteiger partial charge in [0.05, 0.1) is 11.0 Å². The molecule has 0 atom stereocenters. The van der Waals surface area contributed by atoms with Crippen LogP contribution in [-0.4, -0.2) is 11.3 Å². The summed E-state index contributed by atoms with van der Waals surface area (Å²) < 4.78 is 15.7. The Morgan fingerprint density at radius 2 is 1.13 bits per heavy atom. The molecule has 0 spiro atoms. The fourth-order valence-corrected chi connectivity index (χ4v) is 8.45. The van der Waals surface area contributed by atoms with Gasteiger partial charge < -0.3 is 18.9 Å². The van der Waals surface area contributed by atoms with Crippen LogP contribution in [0.15, 0.2) is 170 Å². The standard InChI is InChI=1S/C47H31BN2O2/c1-30-20-25-42-39(26-30)48-40-29-41-38(28-45(40)52-44-19-11-18-43(51-42)46(44)48)37-23-21-31-27-35(22-24-36(31)47(37)50(41)34-16-9-4-10-17-34)49(32-12-5-2-6-13-32)33-14-7-3-8-15-33/h2-29H,1H3. The van der Waals surface area contributed by atoms with E-state index < -0.39 is 0 Å². The number of fused-ring (bicyclic) bond motifs is 9. The number of aromatic nitrogens is 1. The summed E-state index contributed by atoms with van der Waals surface area (Å²) in [6.07, 6.45) is 0. The highest BCUT2D eigenvalue weighted by Gasteiger charge is 2.40. The van der Waals surface area contributed by atoms with Crippen LogP contribution in [0, 0.1) is 6.92 Å². The minimum absolute atomic E-state index is 0.00788. The molecule has 0 saturated heterocycles. The van der Waals surface area contributed by atoms with Gasteiger partial charge in [0.25, 0.3) is 6.71 Å². The van der Waals surface area contributed by atoms with E-state index in [1.807, 2.05) is 6.07 Å². The van der Waals surface area contributed by atoms with Crippen LogP contribution in [0.5, 0.6) is 23.0 Å². The number of rotatable bonds is 4. The van der Waals surface area contributed by atoms with E-state index in [-0.39, 0.29) is 6.71 Å². The fourth-order valence-electron chi connectivity index (χ4n) is 8.45. The Bertz CT molecular complexity index is 2830. The van der Waals surface area contributed by atoms with E-state index in [4.69, 9.17) is 9.47 Å². The molecule has 0 amide bonds. The smallest absolute Gasteiger partial charge is 0.260 e. The molecule has 0 saturated carbocycles. The van der Waals surface area contributed by atoms with Crippen molar-refractivity contribution in [2.75, 3.05) is 4.90 Å². The summed E-state index contributed by atoms with van der Waals surface area (Å²) in [6, 6.07) is 60.6. The van der Waals surface area contributed by atoms with Crippen LogP contribution in [0.2, 0.25) is 0 Å². The van der Waals surface area contributed by atoms with Gasteiger partial charge in [-0.25, -0.2) is 0 Å². The summed E-state index contributed by atoms with van der Waals surface area (Å²) in [5.41, 5.74) is 11.4. The first-order chi connectivity index (χ1) is 25.7. The zero-order valence-corrected chi connectivity index (χ0v) is 28.5. The van der Waals surface area contributed by atoms with Gasteiger partial charge in [-0.2, -0.15) is 0 Å². The van der Waals surface area contributed by atoms with Crippen molar-refractivity contribution in [2.45, 2.75) is 6.92 Å². The summed E-state index contributed by atoms with van der Waals surface area (Å²) in [5, 5.41) is 4.72. The molecular weight excluding hydrogens is 635 g/mol. The van der Waals surface area contributed by atoms with Gasteiger partial charge >= 0.3 is 0 Å². The molecule has 0 radical (unpaired) electrons. The van der Waals surface area contributed by atoms with Gasteiger partial charge in [-0.3, -0.25) is 0 Å². The Balaban J connectivity index is 1.18. The molecule has 1 aromatic heterocycles. The molecule has 0 bridgehead atoms. The Hall–Kier alpha value is -6.72. The summed E-state index contributed by atoms with van der Waals surface area (Å²) in [4.78, 5) is 2.32. The van der Waals surface area contributed by atoms with Gasteiger partial charge in [0.2, 0.25) is 0 Å². The highest BCUT2D eigenvalue weighted by atomic mass is 16.5. The predicted octanol–water partition coefficient (Wildman–Crippen LogP) is 10.4. The highest BCUT2D eigenvalue weighted by Crippen LogP contribution is 2.43. The van der Waals surface area contributed by atoms with Crippen molar-refractivity contribution in [3.05, 3.63) is 175 Å².